The maximum absolute atomic E-state index is 13.8. The van der Waals surface area contributed by atoms with Crippen molar-refractivity contribution in [2.45, 2.75) is 44.3 Å². The summed E-state index contributed by atoms with van der Waals surface area (Å²) in [6.07, 6.45) is 2.27. The first-order chi connectivity index (χ1) is 16.2. The predicted octanol–water partition coefficient (Wildman–Crippen LogP) is 3.23. The van der Waals surface area contributed by atoms with Gasteiger partial charge in [-0.2, -0.15) is 0 Å². The highest BCUT2D eigenvalue weighted by molar-refractivity contribution is 6.33. The van der Waals surface area contributed by atoms with Gasteiger partial charge in [0.25, 0.3) is 11.8 Å². The number of anilines is 1. The minimum absolute atomic E-state index is 0.0114. The molecular weight excluding hydrogens is 475 g/mol. The lowest BCUT2D eigenvalue weighted by atomic mass is 10.0. The summed E-state index contributed by atoms with van der Waals surface area (Å²) in [6, 6.07) is 1.38. The first-order valence-corrected chi connectivity index (χ1v) is 11.3. The number of hydrogen-bond acceptors (Lipinski definition) is 4. The number of nitrogens with one attached hydrogen (secondary N) is 2. The molecule has 1 atom stereocenters. The molecule has 8 nitrogen and oxygen atoms in total. The van der Waals surface area contributed by atoms with Crippen molar-refractivity contribution in [1.82, 2.24) is 20.2 Å². The Balaban J connectivity index is 1.42. The quantitative estimate of drug-likeness (QED) is 0.634. The number of benzene rings is 1. The van der Waals surface area contributed by atoms with Crippen LogP contribution >= 0.6 is 11.6 Å². The van der Waals surface area contributed by atoms with E-state index >= 15 is 0 Å². The fourth-order valence-corrected chi connectivity index (χ4v) is 4.36. The normalized spacial score (nSPS) is 19.8. The van der Waals surface area contributed by atoms with Crippen LogP contribution in [0.25, 0.3) is 0 Å². The zero-order valence-corrected chi connectivity index (χ0v) is 18.9. The zero-order chi connectivity index (χ0) is 24.4. The van der Waals surface area contributed by atoms with Gasteiger partial charge in [0.05, 0.1) is 30.1 Å². The zero-order valence-electron chi connectivity index (χ0n) is 18.1. The second-order valence-electron chi connectivity index (χ2n) is 8.40. The molecule has 0 radical (unpaired) electrons. The maximum atomic E-state index is 13.8. The molecular formula is C22H23ClF3N5O3. The van der Waals surface area contributed by atoms with Gasteiger partial charge in [0.2, 0.25) is 5.91 Å². The van der Waals surface area contributed by atoms with Crippen molar-refractivity contribution in [3.05, 3.63) is 46.5 Å². The fourth-order valence-electron chi connectivity index (χ4n) is 4.11. The Morgan fingerprint density at radius 3 is 2.62 bits per heavy atom. The summed E-state index contributed by atoms with van der Waals surface area (Å²) in [5.74, 6) is -3.59. The van der Waals surface area contributed by atoms with E-state index in [1.807, 2.05) is 0 Å². The molecule has 0 unspecified atom stereocenters. The largest absolute Gasteiger partial charge is 0.348 e. The lowest BCUT2D eigenvalue weighted by molar-refractivity contribution is -0.118. The molecule has 0 aliphatic carbocycles. The highest BCUT2D eigenvalue weighted by Crippen LogP contribution is 2.30. The summed E-state index contributed by atoms with van der Waals surface area (Å²) in [7, 11) is 0. The van der Waals surface area contributed by atoms with Crippen LogP contribution in [0.3, 0.4) is 0 Å². The molecule has 2 saturated heterocycles. The molecule has 2 aliphatic rings. The number of H-pyrrole nitrogens is 1. The number of aromatic nitrogens is 2. The van der Waals surface area contributed by atoms with Crippen molar-refractivity contribution in [2.24, 2.45) is 0 Å². The van der Waals surface area contributed by atoms with Crippen LogP contribution < -0.4 is 10.2 Å². The number of amides is 3. The van der Waals surface area contributed by atoms with E-state index in [1.54, 1.807) is 0 Å². The topological polar surface area (TPSA) is 98.4 Å². The van der Waals surface area contributed by atoms with Crippen LogP contribution in [0.2, 0.25) is 5.02 Å². The molecule has 1 aromatic carbocycles. The Kier molecular flexibility index (Phi) is 7.11. The van der Waals surface area contributed by atoms with Crippen LogP contribution in [0.1, 0.15) is 53.1 Å². The monoisotopic (exact) mass is 497 g/mol. The van der Waals surface area contributed by atoms with Crippen LogP contribution in [0.15, 0.2) is 18.5 Å². The van der Waals surface area contributed by atoms with Crippen LogP contribution in [-0.4, -0.2) is 64.4 Å². The molecule has 2 fully saturated rings. The minimum atomic E-state index is -1.10. The van der Waals surface area contributed by atoms with Crippen molar-refractivity contribution in [3.8, 4) is 0 Å². The maximum Gasteiger partial charge on any atom is 0.272 e. The molecule has 34 heavy (non-hydrogen) atoms. The molecule has 182 valence electrons. The molecule has 0 saturated carbocycles. The van der Waals surface area contributed by atoms with E-state index in [2.05, 4.69) is 15.3 Å². The predicted molar refractivity (Wildman–Crippen MR) is 117 cm³/mol. The number of aromatic amines is 1. The molecule has 2 aliphatic heterocycles. The van der Waals surface area contributed by atoms with Gasteiger partial charge in [0, 0.05) is 25.1 Å². The summed E-state index contributed by atoms with van der Waals surface area (Å²) in [6.45, 7) is 0.220. The second kappa shape index (κ2) is 10.0. The third-order valence-corrected chi connectivity index (χ3v) is 6.30. The van der Waals surface area contributed by atoms with Crippen molar-refractivity contribution in [1.29, 1.82) is 0 Å². The Bertz CT molecular complexity index is 1110. The van der Waals surface area contributed by atoms with Gasteiger partial charge >= 0.3 is 0 Å². The van der Waals surface area contributed by atoms with Crippen molar-refractivity contribution < 1.29 is 27.6 Å². The van der Waals surface area contributed by atoms with E-state index in [4.69, 9.17) is 11.6 Å². The number of rotatable bonds is 4. The van der Waals surface area contributed by atoms with Crippen LogP contribution in [0.4, 0.5) is 18.9 Å². The lowest BCUT2D eigenvalue weighted by Gasteiger charge is -2.34. The standard InChI is InChI=1S/C22H23ClF3N5O3/c23-14-7-15(25)16(26)8-17(14)31-6-2-1-3-13(4-5-18(31)32)29-21(33)19-20(28-11-27-19)22(34)30-9-12(24)10-30/h7-8,11-13H,1-6,9-10H2,(H,27,28)(H,29,33)/t13-/m1/s1. The molecule has 3 amide bonds. The van der Waals surface area contributed by atoms with Gasteiger partial charge in [-0.15, -0.1) is 0 Å². The molecule has 0 bridgehead atoms. The molecule has 4 rings (SSSR count). The first kappa shape index (κ1) is 24.1. The van der Waals surface area contributed by atoms with Crippen molar-refractivity contribution >= 4 is 35.0 Å². The fraction of sp³-hybridized carbons (Fsp3) is 0.455. The van der Waals surface area contributed by atoms with E-state index in [1.165, 1.54) is 16.1 Å². The molecule has 3 heterocycles. The van der Waals surface area contributed by atoms with Gasteiger partial charge in [-0.25, -0.2) is 18.2 Å². The van der Waals surface area contributed by atoms with E-state index in [9.17, 15) is 27.6 Å². The van der Waals surface area contributed by atoms with Crippen molar-refractivity contribution in [2.75, 3.05) is 24.5 Å². The molecule has 2 aromatic rings. The molecule has 12 heteroatoms. The summed E-state index contributed by atoms with van der Waals surface area (Å²) in [5, 5.41) is 2.76. The average Bonchev–Trinajstić information content (AvgIpc) is 3.29. The first-order valence-electron chi connectivity index (χ1n) is 11.0. The van der Waals surface area contributed by atoms with Crippen LogP contribution in [0, 0.1) is 11.6 Å². The Morgan fingerprint density at radius 1 is 1.15 bits per heavy atom. The summed E-state index contributed by atoms with van der Waals surface area (Å²) < 4.78 is 40.3. The second-order valence-corrected chi connectivity index (χ2v) is 8.81. The highest BCUT2D eigenvalue weighted by Gasteiger charge is 2.34. The number of alkyl halides is 1. The Labute approximate surface area is 198 Å². The number of carbonyl (C=O) groups is 3. The third-order valence-electron chi connectivity index (χ3n) is 6.00. The number of nitrogens with zero attached hydrogens (tertiary/aromatic N) is 3. The molecule has 0 spiro atoms. The smallest absolute Gasteiger partial charge is 0.272 e. The van der Waals surface area contributed by atoms with Gasteiger partial charge in [-0.05, 0) is 31.7 Å². The van der Waals surface area contributed by atoms with Crippen LogP contribution in [-0.2, 0) is 4.79 Å². The van der Waals surface area contributed by atoms with Crippen LogP contribution in [0.5, 0.6) is 0 Å². The number of carbonyl (C=O) groups excluding carboxylic acids is 3. The van der Waals surface area contributed by atoms with E-state index < -0.39 is 29.6 Å². The number of likely N-dealkylation sites (tertiary alicyclic amines) is 1. The van der Waals surface area contributed by atoms with Gasteiger partial charge in [0.1, 0.15) is 11.9 Å². The van der Waals surface area contributed by atoms with Gasteiger partial charge in [-0.1, -0.05) is 11.6 Å². The lowest BCUT2D eigenvalue weighted by Crippen LogP contribution is -2.52. The van der Waals surface area contributed by atoms with E-state index in [0.717, 1.165) is 12.1 Å². The highest BCUT2D eigenvalue weighted by atomic mass is 35.5. The Hall–Kier alpha value is -3.08. The van der Waals surface area contributed by atoms with E-state index in [0.29, 0.717) is 25.7 Å². The van der Waals surface area contributed by atoms with Gasteiger partial charge < -0.3 is 20.1 Å². The summed E-state index contributed by atoms with van der Waals surface area (Å²) in [4.78, 5) is 47.4. The van der Waals surface area contributed by atoms with Gasteiger partial charge in [0.15, 0.2) is 17.3 Å². The number of imidazole rings is 1. The van der Waals surface area contributed by atoms with Crippen molar-refractivity contribution in [3.63, 3.8) is 0 Å². The van der Waals surface area contributed by atoms with Gasteiger partial charge in [-0.3, -0.25) is 14.4 Å². The SMILES string of the molecule is O=C(N[C@@H]1CCCCN(c2cc(F)c(F)cc2Cl)C(=O)CC1)c1nc[nH]c1C(=O)N1CC(F)C1. The molecule has 1 aromatic heterocycles. The number of hydrogen-bond donors (Lipinski definition) is 2. The minimum Gasteiger partial charge on any atom is -0.348 e. The number of halogens is 4. The summed E-state index contributed by atoms with van der Waals surface area (Å²) in [5.41, 5.74) is 0.00522. The average molecular weight is 498 g/mol. The third kappa shape index (κ3) is 5.03. The molecule has 2 N–H and O–H groups in total. The summed E-state index contributed by atoms with van der Waals surface area (Å²) >= 11 is 6.06. The van der Waals surface area contributed by atoms with E-state index in [-0.39, 0.29) is 60.1 Å². The Morgan fingerprint density at radius 2 is 1.88 bits per heavy atom.